The van der Waals surface area contributed by atoms with Crippen LogP contribution < -0.4 is 10.1 Å². The summed E-state index contributed by atoms with van der Waals surface area (Å²) in [5, 5.41) is 13.3. The van der Waals surface area contributed by atoms with Crippen LogP contribution in [0.1, 0.15) is 17.3 Å². The van der Waals surface area contributed by atoms with Gasteiger partial charge >= 0.3 is 5.97 Å². The molecule has 0 aliphatic carbocycles. The molecule has 2 aromatic rings. The number of rotatable bonds is 5. The van der Waals surface area contributed by atoms with Crippen molar-refractivity contribution in [1.82, 2.24) is 10.3 Å². The van der Waals surface area contributed by atoms with Crippen LogP contribution in [0.15, 0.2) is 18.2 Å². The zero-order valence-corrected chi connectivity index (χ0v) is 11.8. The lowest BCUT2D eigenvalue weighted by molar-refractivity contribution is -0.139. The summed E-state index contributed by atoms with van der Waals surface area (Å²) >= 11 is 0. The molecule has 21 heavy (non-hydrogen) atoms. The van der Waals surface area contributed by atoms with E-state index in [4.69, 9.17) is 9.47 Å². The number of methoxy groups -OCH3 is 1. The van der Waals surface area contributed by atoms with Gasteiger partial charge in [0.2, 0.25) is 0 Å². The van der Waals surface area contributed by atoms with Crippen LogP contribution in [0.4, 0.5) is 0 Å². The van der Waals surface area contributed by atoms with Crippen LogP contribution in [0, 0.1) is 0 Å². The van der Waals surface area contributed by atoms with Crippen LogP contribution in [0.25, 0.3) is 10.9 Å². The van der Waals surface area contributed by atoms with Crippen molar-refractivity contribution in [2.75, 3.05) is 26.9 Å². The topological polar surface area (TPSA) is 83.6 Å². The third-order valence-corrected chi connectivity index (χ3v) is 3.73. The van der Waals surface area contributed by atoms with Gasteiger partial charge in [0.1, 0.15) is 18.4 Å². The molecule has 1 atom stereocenters. The van der Waals surface area contributed by atoms with Crippen molar-refractivity contribution in [3.05, 3.63) is 29.5 Å². The Balaban J connectivity index is 1.96. The smallest absolute Gasteiger partial charge is 0.326 e. The van der Waals surface area contributed by atoms with Crippen molar-refractivity contribution >= 4 is 16.9 Å². The first kappa shape index (κ1) is 13.9. The molecule has 0 spiro atoms. The largest absolute Gasteiger partial charge is 0.491 e. The molecule has 0 saturated carbocycles. The first-order chi connectivity index (χ1) is 10.2. The Morgan fingerprint density at radius 3 is 3.05 bits per heavy atom. The van der Waals surface area contributed by atoms with Gasteiger partial charge in [0.25, 0.3) is 0 Å². The predicted octanol–water partition coefficient (Wildman–Crippen LogP) is 1.46. The van der Waals surface area contributed by atoms with E-state index in [1.54, 1.807) is 7.11 Å². The molecule has 2 heterocycles. The minimum atomic E-state index is -0.862. The van der Waals surface area contributed by atoms with Crippen LogP contribution in [0.2, 0.25) is 0 Å². The average Bonchev–Trinajstić information content (AvgIpc) is 2.85. The summed E-state index contributed by atoms with van der Waals surface area (Å²) in [7, 11) is 1.63. The van der Waals surface area contributed by atoms with E-state index >= 15 is 0 Å². The highest BCUT2D eigenvalue weighted by Gasteiger charge is 2.28. The summed E-state index contributed by atoms with van der Waals surface area (Å²) in [6.07, 6.45) is 0.806. The van der Waals surface area contributed by atoms with Crippen LogP contribution in [0.3, 0.4) is 0 Å². The van der Waals surface area contributed by atoms with Gasteiger partial charge in [-0.1, -0.05) is 0 Å². The lowest BCUT2D eigenvalue weighted by atomic mass is 9.99. The van der Waals surface area contributed by atoms with E-state index in [1.165, 1.54) is 0 Å². The van der Waals surface area contributed by atoms with E-state index in [-0.39, 0.29) is 0 Å². The minimum absolute atomic E-state index is 0.494. The molecule has 0 saturated heterocycles. The molecule has 0 radical (unpaired) electrons. The van der Waals surface area contributed by atoms with E-state index in [2.05, 4.69) is 10.3 Å². The van der Waals surface area contributed by atoms with Gasteiger partial charge in [-0.15, -0.1) is 0 Å². The summed E-state index contributed by atoms with van der Waals surface area (Å²) in [5.41, 5.74) is 2.75. The van der Waals surface area contributed by atoms with Crippen molar-refractivity contribution in [3.8, 4) is 5.75 Å². The normalized spacial score (nSPS) is 17.7. The lowest BCUT2D eigenvalue weighted by Crippen LogP contribution is -2.34. The number of carboxylic acid groups (broad SMARTS) is 1. The number of benzene rings is 1. The Bertz CT molecular complexity index is 665. The van der Waals surface area contributed by atoms with Gasteiger partial charge < -0.3 is 19.6 Å². The molecule has 3 N–H and O–H groups in total. The van der Waals surface area contributed by atoms with Gasteiger partial charge in [-0.05, 0) is 30.2 Å². The van der Waals surface area contributed by atoms with Gasteiger partial charge in [0.15, 0.2) is 0 Å². The molecule has 6 nitrogen and oxygen atoms in total. The maximum Gasteiger partial charge on any atom is 0.326 e. The first-order valence-electron chi connectivity index (χ1n) is 6.93. The van der Waals surface area contributed by atoms with Crippen molar-refractivity contribution < 1.29 is 19.4 Å². The third-order valence-electron chi connectivity index (χ3n) is 3.73. The summed E-state index contributed by atoms with van der Waals surface area (Å²) in [4.78, 5) is 14.5. The van der Waals surface area contributed by atoms with Crippen molar-refractivity contribution in [1.29, 1.82) is 0 Å². The second-order valence-corrected chi connectivity index (χ2v) is 5.04. The Morgan fingerprint density at radius 2 is 2.29 bits per heavy atom. The fourth-order valence-corrected chi connectivity index (χ4v) is 2.75. The van der Waals surface area contributed by atoms with Gasteiger partial charge in [-0.3, -0.25) is 10.1 Å². The number of fused-ring (bicyclic) bond motifs is 3. The Kier molecular flexibility index (Phi) is 3.81. The average molecular weight is 290 g/mol. The minimum Gasteiger partial charge on any atom is -0.491 e. The number of H-pyrrole nitrogens is 1. The summed E-state index contributed by atoms with van der Waals surface area (Å²) in [6, 6.07) is 5.10. The number of aromatic nitrogens is 1. The number of aromatic amines is 1. The fraction of sp³-hybridized carbons (Fsp3) is 0.400. The number of hydrogen-bond acceptors (Lipinski definition) is 4. The molecule has 0 amide bonds. The van der Waals surface area contributed by atoms with Crippen LogP contribution >= 0.6 is 0 Å². The number of nitrogens with one attached hydrogen (secondary N) is 2. The molecule has 1 aliphatic rings. The van der Waals surface area contributed by atoms with Gasteiger partial charge in [-0.2, -0.15) is 0 Å². The lowest BCUT2D eigenvalue weighted by Gasteiger charge is -2.20. The fourth-order valence-electron chi connectivity index (χ4n) is 2.75. The first-order valence-corrected chi connectivity index (χ1v) is 6.93. The highest BCUT2D eigenvalue weighted by atomic mass is 16.5. The molecule has 0 fully saturated rings. The van der Waals surface area contributed by atoms with Gasteiger partial charge in [-0.25, -0.2) is 0 Å². The maximum atomic E-state index is 11.3. The molecule has 0 bridgehead atoms. The van der Waals surface area contributed by atoms with Gasteiger partial charge in [0, 0.05) is 30.3 Å². The molecule has 112 valence electrons. The number of ether oxygens (including phenoxy) is 2. The number of carboxylic acids is 1. The second kappa shape index (κ2) is 5.75. The Labute approximate surface area is 122 Å². The zero-order valence-electron chi connectivity index (χ0n) is 11.8. The van der Waals surface area contributed by atoms with Gasteiger partial charge in [0.05, 0.1) is 6.61 Å². The van der Waals surface area contributed by atoms with E-state index < -0.39 is 12.0 Å². The molecule has 6 heteroatoms. The monoisotopic (exact) mass is 290 g/mol. The molecule has 1 aromatic carbocycles. The highest BCUT2D eigenvalue weighted by Crippen LogP contribution is 2.32. The van der Waals surface area contributed by atoms with Crippen LogP contribution in [-0.2, 0) is 16.0 Å². The molecule has 3 rings (SSSR count). The SMILES string of the molecule is COCCOc1ccc2[nH]c3c(c2c1)CCNC3C(=O)O. The second-order valence-electron chi connectivity index (χ2n) is 5.04. The summed E-state index contributed by atoms with van der Waals surface area (Å²) in [5.74, 6) is -0.0918. The zero-order chi connectivity index (χ0) is 14.8. The highest BCUT2D eigenvalue weighted by molar-refractivity contribution is 5.89. The van der Waals surface area contributed by atoms with Crippen LogP contribution in [0.5, 0.6) is 5.75 Å². The Hall–Kier alpha value is -2.05. The van der Waals surface area contributed by atoms with Crippen LogP contribution in [-0.4, -0.2) is 42.9 Å². The predicted molar refractivity (Wildman–Crippen MR) is 77.8 cm³/mol. The summed E-state index contributed by atoms with van der Waals surface area (Å²) < 4.78 is 10.6. The molecular weight excluding hydrogens is 272 g/mol. The van der Waals surface area contributed by atoms with E-state index in [0.29, 0.717) is 19.8 Å². The van der Waals surface area contributed by atoms with E-state index in [0.717, 1.165) is 34.3 Å². The standard InChI is InChI=1S/C15H18N2O4/c1-20-6-7-21-9-2-3-12-11(8-9)10-4-5-16-14(15(18)19)13(10)17-12/h2-3,8,14,16-17H,4-7H2,1H3,(H,18,19). The quantitative estimate of drug-likeness (QED) is 0.726. The van der Waals surface area contributed by atoms with E-state index in [9.17, 15) is 9.90 Å². The molecule has 1 unspecified atom stereocenters. The van der Waals surface area contributed by atoms with Crippen molar-refractivity contribution in [2.45, 2.75) is 12.5 Å². The molecule has 1 aromatic heterocycles. The molecular formula is C15H18N2O4. The summed E-state index contributed by atoms with van der Waals surface area (Å²) in [6.45, 7) is 1.69. The van der Waals surface area contributed by atoms with Crippen molar-refractivity contribution in [2.24, 2.45) is 0 Å². The number of hydrogen-bond donors (Lipinski definition) is 3. The Morgan fingerprint density at radius 1 is 1.43 bits per heavy atom. The van der Waals surface area contributed by atoms with E-state index in [1.807, 2.05) is 18.2 Å². The number of carbonyl (C=O) groups is 1. The molecule has 1 aliphatic heterocycles. The number of aliphatic carboxylic acids is 1. The maximum absolute atomic E-state index is 11.3. The van der Waals surface area contributed by atoms with Crippen molar-refractivity contribution in [3.63, 3.8) is 0 Å². The third kappa shape index (κ3) is 2.59.